The van der Waals surface area contributed by atoms with Crippen molar-refractivity contribution in [2.45, 2.75) is 52.2 Å². The van der Waals surface area contributed by atoms with E-state index in [-0.39, 0.29) is 12.5 Å². The van der Waals surface area contributed by atoms with Gasteiger partial charge in [0.2, 0.25) is 0 Å². The SMILES string of the molecule is Cc1cc(OCc2ccc(C(=O)NC3CC3)o2)c(C(C)C)cc1Cl. The van der Waals surface area contributed by atoms with Crippen LogP contribution in [-0.2, 0) is 6.61 Å². The van der Waals surface area contributed by atoms with Gasteiger partial charge in [-0.3, -0.25) is 4.79 Å². The molecule has 0 aliphatic heterocycles. The molecule has 1 heterocycles. The largest absolute Gasteiger partial charge is 0.485 e. The summed E-state index contributed by atoms with van der Waals surface area (Å²) in [6, 6.07) is 7.68. The maximum absolute atomic E-state index is 11.9. The smallest absolute Gasteiger partial charge is 0.287 e. The van der Waals surface area contributed by atoms with Gasteiger partial charge in [0.1, 0.15) is 18.1 Å². The monoisotopic (exact) mass is 347 g/mol. The summed E-state index contributed by atoms with van der Waals surface area (Å²) < 4.78 is 11.5. The molecule has 1 aromatic heterocycles. The van der Waals surface area contributed by atoms with E-state index >= 15 is 0 Å². The lowest BCUT2D eigenvalue weighted by Gasteiger charge is -2.15. The third-order valence-electron chi connectivity index (χ3n) is 4.08. The first-order valence-corrected chi connectivity index (χ1v) is 8.64. The third-order valence-corrected chi connectivity index (χ3v) is 4.49. The fourth-order valence-corrected chi connectivity index (χ4v) is 2.63. The van der Waals surface area contributed by atoms with Crippen molar-refractivity contribution in [1.29, 1.82) is 0 Å². The molecule has 0 radical (unpaired) electrons. The predicted molar refractivity (Wildman–Crippen MR) is 93.8 cm³/mol. The summed E-state index contributed by atoms with van der Waals surface area (Å²) in [6.45, 7) is 6.42. The van der Waals surface area contributed by atoms with E-state index < -0.39 is 0 Å². The summed E-state index contributed by atoms with van der Waals surface area (Å²) >= 11 is 6.21. The highest BCUT2D eigenvalue weighted by Crippen LogP contribution is 2.32. The zero-order valence-electron chi connectivity index (χ0n) is 14.2. The van der Waals surface area contributed by atoms with Crippen LogP contribution < -0.4 is 10.1 Å². The second kappa shape index (κ2) is 6.89. The van der Waals surface area contributed by atoms with Crippen LogP contribution in [0.5, 0.6) is 5.75 Å². The van der Waals surface area contributed by atoms with Crippen molar-refractivity contribution in [3.05, 3.63) is 51.9 Å². The summed E-state index contributed by atoms with van der Waals surface area (Å²) in [5.41, 5.74) is 2.03. The molecular formula is C19H22ClNO3. The van der Waals surface area contributed by atoms with Crippen molar-refractivity contribution in [2.24, 2.45) is 0 Å². The van der Waals surface area contributed by atoms with E-state index in [1.807, 2.05) is 19.1 Å². The van der Waals surface area contributed by atoms with E-state index in [1.54, 1.807) is 12.1 Å². The summed E-state index contributed by atoms with van der Waals surface area (Å²) in [4.78, 5) is 11.9. The van der Waals surface area contributed by atoms with Crippen LogP contribution in [0.2, 0.25) is 5.02 Å². The number of rotatable bonds is 6. The molecule has 1 aliphatic rings. The first-order valence-electron chi connectivity index (χ1n) is 8.26. The zero-order chi connectivity index (χ0) is 17.3. The number of hydrogen-bond acceptors (Lipinski definition) is 3. The van der Waals surface area contributed by atoms with Gasteiger partial charge in [0.25, 0.3) is 5.91 Å². The molecular weight excluding hydrogens is 326 g/mol. The fourth-order valence-electron chi connectivity index (χ4n) is 2.46. The Hall–Kier alpha value is -1.94. The van der Waals surface area contributed by atoms with Gasteiger partial charge in [-0.25, -0.2) is 0 Å². The second-order valence-electron chi connectivity index (χ2n) is 6.60. The Bertz CT molecular complexity index is 747. The van der Waals surface area contributed by atoms with E-state index in [0.29, 0.717) is 23.5 Å². The highest BCUT2D eigenvalue weighted by molar-refractivity contribution is 6.31. The van der Waals surface area contributed by atoms with Crippen molar-refractivity contribution in [3.63, 3.8) is 0 Å². The highest BCUT2D eigenvalue weighted by atomic mass is 35.5. The Morgan fingerprint density at radius 1 is 1.38 bits per heavy atom. The number of carbonyl (C=O) groups is 1. The van der Waals surface area contributed by atoms with Crippen molar-refractivity contribution in [1.82, 2.24) is 5.32 Å². The van der Waals surface area contributed by atoms with E-state index in [9.17, 15) is 4.79 Å². The van der Waals surface area contributed by atoms with Crippen LogP contribution in [-0.4, -0.2) is 11.9 Å². The lowest BCUT2D eigenvalue weighted by Crippen LogP contribution is -2.24. The number of aryl methyl sites for hydroxylation is 1. The van der Waals surface area contributed by atoms with Crippen molar-refractivity contribution < 1.29 is 13.9 Å². The minimum Gasteiger partial charge on any atom is -0.485 e. The Labute approximate surface area is 147 Å². The van der Waals surface area contributed by atoms with Crippen LogP contribution in [0.25, 0.3) is 0 Å². The minimum atomic E-state index is -0.158. The lowest BCUT2D eigenvalue weighted by atomic mass is 10.0. The predicted octanol–water partition coefficient (Wildman–Crippen LogP) is 4.84. The number of ether oxygens (including phenoxy) is 1. The van der Waals surface area contributed by atoms with Crippen LogP contribution in [0.4, 0.5) is 0 Å². The molecule has 0 saturated heterocycles. The molecule has 2 aromatic rings. The van der Waals surface area contributed by atoms with Gasteiger partial charge in [-0.15, -0.1) is 0 Å². The van der Waals surface area contributed by atoms with E-state index in [0.717, 1.165) is 34.7 Å². The van der Waals surface area contributed by atoms with Gasteiger partial charge in [-0.05, 0) is 61.1 Å². The molecule has 1 aliphatic carbocycles. The Morgan fingerprint density at radius 2 is 2.12 bits per heavy atom. The number of hydrogen-bond donors (Lipinski definition) is 1. The van der Waals surface area contributed by atoms with E-state index in [4.69, 9.17) is 20.8 Å². The molecule has 5 heteroatoms. The Balaban J connectivity index is 1.68. The van der Waals surface area contributed by atoms with Crippen LogP contribution in [0.15, 0.2) is 28.7 Å². The van der Waals surface area contributed by atoms with Gasteiger partial charge in [0.05, 0.1) is 0 Å². The molecule has 1 N–H and O–H groups in total. The number of carbonyl (C=O) groups excluding carboxylic acids is 1. The van der Waals surface area contributed by atoms with Gasteiger partial charge in [-0.1, -0.05) is 25.4 Å². The number of furan rings is 1. The van der Waals surface area contributed by atoms with Crippen molar-refractivity contribution >= 4 is 17.5 Å². The van der Waals surface area contributed by atoms with Crippen LogP contribution in [0.3, 0.4) is 0 Å². The van der Waals surface area contributed by atoms with Crippen molar-refractivity contribution in [2.75, 3.05) is 0 Å². The lowest BCUT2D eigenvalue weighted by molar-refractivity contribution is 0.0919. The Morgan fingerprint density at radius 3 is 2.79 bits per heavy atom. The molecule has 0 spiro atoms. The number of nitrogens with one attached hydrogen (secondary N) is 1. The molecule has 1 fully saturated rings. The summed E-state index contributed by atoms with van der Waals surface area (Å²) in [7, 11) is 0. The second-order valence-corrected chi connectivity index (χ2v) is 7.00. The van der Waals surface area contributed by atoms with Crippen LogP contribution in [0.1, 0.15) is 60.0 Å². The molecule has 1 amide bonds. The normalized spacial score (nSPS) is 14.0. The van der Waals surface area contributed by atoms with E-state index in [2.05, 4.69) is 19.2 Å². The summed E-state index contributed by atoms with van der Waals surface area (Å²) in [6.07, 6.45) is 2.10. The molecule has 24 heavy (non-hydrogen) atoms. The maximum atomic E-state index is 11.9. The van der Waals surface area contributed by atoms with Gasteiger partial charge >= 0.3 is 0 Å². The Kier molecular flexibility index (Phi) is 4.86. The number of amides is 1. The number of halogens is 1. The molecule has 4 nitrogen and oxygen atoms in total. The zero-order valence-corrected chi connectivity index (χ0v) is 14.9. The first kappa shape index (κ1) is 16.9. The fraction of sp³-hybridized carbons (Fsp3) is 0.421. The molecule has 1 saturated carbocycles. The molecule has 1 aromatic carbocycles. The van der Waals surface area contributed by atoms with Gasteiger partial charge < -0.3 is 14.5 Å². The van der Waals surface area contributed by atoms with Crippen molar-refractivity contribution in [3.8, 4) is 5.75 Å². The highest BCUT2D eigenvalue weighted by Gasteiger charge is 2.25. The van der Waals surface area contributed by atoms with Gasteiger partial charge in [-0.2, -0.15) is 0 Å². The molecule has 0 unspecified atom stereocenters. The number of benzene rings is 1. The molecule has 0 atom stereocenters. The van der Waals surface area contributed by atoms with Crippen LogP contribution >= 0.6 is 11.6 Å². The summed E-state index contributed by atoms with van der Waals surface area (Å²) in [5, 5.41) is 3.65. The van der Waals surface area contributed by atoms with Gasteiger partial charge in [0, 0.05) is 11.1 Å². The quantitative estimate of drug-likeness (QED) is 0.813. The molecule has 0 bridgehead atoms. The summed E-state index contributed by atoms with van der Waals surface area (Å²) in [5.74, 6) is 1.89. The molecule has 3 rings (SSSR count). The first-order chi connectivity index (χ1) is 11.4. The van der Waals surface area contributed by atoms with E-state index in [1.165, 1.54) is 0 Å². The van der Waals surface area contributed by atoms with Gasteiger partial charge in [0.15, 0.2) is 5.76 Å². The topological polar surface area (TPSA) is 51.5 Å². The van der Waals surface area contributed by atoms with Crippen LogP contribution in [0, 0.1) is 6.92 Å². The maximum Gasteiger partial charge on any atom is 0.287 e. The molecule has 128 valence electrons. The average Bonchev–Trinajstić information content (AvgIpc) is 3.21. The third kappa shape index (κ3) is 3.93. The average molecular weight is 348 g/mol. The minimum absolute atomic E-state index is 0.158. The standard InChI is InChI=1S/C19H22ClNO3/c1-11(2)15-9-16(20)12(3)8-18(15)23-10-14-6-7-17(24-14)19(22)21-13-4-5-13/h6-9,11,13H,4-5,10H2,1-3H3,(H,21,22).